The summed E-state index contributed by atoms with van der Waals surface area (Å²) in [6, 6.07) is 7.38. The molecule has 0 heterocycles. The number of benzene rings is 1. The summed E-state index contributed by atoms with van der Waals surface area (Å²) in [5.41, 5.74) is 0.652. The highest BCUT2D eigenvalue weighted by atomic mass is 127. The Bertz CT molecular complexity index is 366. The number of aliphatic hydroxyl groups is 1. The summed E-state index contributed by atoms with van der Waals surface area (Å²) < 4.78 is 0.914. The van der Waals surface area contributed by atoms with E-state index in [2.05, 4.69) is 27.9 Å². The molecule has 1 amide bonds. The van der Waals surface area contributed by atoms with Crippen molar-refractivity contribution in [2.45, 2.75) is 20.0 Å². The molecular weight excluding hydrogens is 317 g/mol. The number of halogens is 1. The summed E-state index contributed by atoms with van der Waals surface area (Å²) >= 11 is 2.12. The lowest BCUT2D eigenvalue weighted by Gasteiger charge is -2.15. The first-order valence-corrected chi connectivity index (χ1v) is 6.31. The van der Waals surface area contributed by atoms with Crippen LogP contribution in [0.15, 0.2) is 24.3 Å². The molecule has 0 spiro atoms. The second-order valence-electron chi connectivity index (χ2n) is 4.00. The molecule has 0 saturated heterocycles. The number of carbonyl (C=O) groups is 1. The van der Waals surface area contributed by atoms with Crippen LogP contribution < -0.4 is 5.32 Å². The first kappa shape index (κ1) is 13.4. The molecule has 0 aliphatic carbocycles. The van der Waals surface area contributed by atoms with Crippen molar-refractivity contribution in [1.29, 1.82) is 0 Å². The van der Waals surface area contributed by atoms with Crippen molar-refractivity contribution in [3.63, 3.8) is 0 Å². The van der Waals surface area contributed by atoms with Gasteiger partial charge in [-0.1, -0.05) is 26.0 Å². The molecule has 1 rings (SSSR count). The number of hydrogen-bond donors (Lipinski definition) is 2. The number of amides is 1. The van der Waals surface area contributed by atoms with Gasteiger partial charge < -0.3 is 10.4 Å². The van der Waals surface area contributed by atoms with Crippen LogP contribution in [0.5, 0.6) is 0 Å². The Morgan fingerprint density at radius 2 is 2.06 bits per heavy atom. The maximum atomic E-state index is 11.8. The van der Waals surface area contributed by atoms with E-state index in [1.54, 1.807) is 6.07 Å². The number of hydrogen-bond acceptors (Lipinski definition) is 2. The molecule has 2 N–H and O–H groups in total. The molecular formula is C12H16INO2. The normalized spacial score (nSPS) is 12.6. The van der Waals surface area contributed by atoms with Crippen LogP contribution in [0, 0.1) is 9.49 Å². The van der Waals surface area contributed by atoms with Crippen molar-refractivity contribution in [2.24, 2.45) is 5.92 Å². The highest BCUT2D eigenvalue weighted by Crippen LogP contribution is 2.11. The number of aliphatic hydroxyl groups excluding tert-OH is 1. The highest BCUT2D eigenvalue weighted by molar-refractivity contribution is 14.1. The molecule has 3 nitrogen and oxygen atoms in total. The van der Waals surface area contributed by atoms with Gasteiger partial charge in [-0.15, -0.1) is 0 Å². The van der Waals surface area contributed by atoms with Crippen LogP contribution in [0.2, 0.25) is 0 Å². The van der Waals surface area contributed by atoms with Crippen LogP contribution in [0.4, 0.5) is 0 Å². The van der Waals surface area contributed by atoms with E-state index in [0.29, 0.717) is 12.1 Å². The second kappa shape index (κ2) is 6.20. The van der Waals surface area contributed by atoms with Crippen molar-refractivity contribution < 1.29 is 9.90 Å². The van der Waals surface area contributed by atoms with E-state index in [1.165, 1.54) is 0 Å². The van der Waals surface area contributed by atoms with Crippen LogP contribution in [0.25, 0.3) is 0 Å². The van der Waals surface area contributed by atoms with E-state index in [1.807, 2.05) is 32.0 Å². The molecule has 1 atom stereocenters. The minimum Gasteiger partial charge on any atom is -0.391 e. The lowest BCUT2D eigenvalue weighted by molar-refractivity contribution is 0.0871. The molecule has 1 unspecified atom stereocenters. The van der Waals surface area contributed by atoms with Gasteiger partial charge >= 0.3 is 0 Å². The minimum absolute atomic E-state index is 0.135. The van der Waals surface area contributed by atoms with Crippen LogP contribution in [-0.4, -0.2) is 23.7 Å². The lowest BCUT2D eigenvalue weighted by Crippen LogP contribution is -2.35. The fourth-order valence-electron chi connectivity index (χ4n) is 1.17. The monoisotopic (exact) mass is 333 g/mol. The van der Waals surface area contributed by atoms with E-state index in [0.717, 1.165) is 3.57 Å². The summed E-state index contributed by atoms with van der Waals surface area (Å²) in [6.07, 6.45) is -0.495. The molecule has 16 heavy (non-hydrogen) atoms. The minimum atomic E-state index is -0.495. The van der Waals surface area contributed by atoms with Gasteiger partial charge in [0.25, 0.3) is 5.91 Å². The first-order valence-electron chi connectivity index (χ1n) is 5.23. The Labute approximate surface area is 109 Å². The van der Waals surface area contributed by atoms with Gasteiger partial charge in [-0.2, -0.15) is 0 Å². The number of nitrogens with one attached hydrogen (secondary N) is 1. The van der Waals surface area contributed by atoms with E-state index < -0.39 is 6.10 Å². The van der Waals surface area contributed by atoms with Gasteiger partial charge in [0.15, 0.2) is 0 Å². The molecule has 0 bridgehead atoms. The van der Waals surface area contributed by atoms with E-state index >= 15 is 0 Å². The average molecular weight is 333 g/mol. The van der Waals surface area contributed by atoms with Gasteiger partial charge in [-0.25, -0.2) is 0 Å². The first-order chi connectivity index (χ1) is 7.52. The predicted molar refractivity (Wildman–Crippen MR) is 72.3 cm³/mol. The fourth-order valence-corrected chi connectivity index (χ4v) is 1.81. The summed E-state index contributed by atoms with van der Waals surface area (Å²) in [5, 5.41) is 12.3. The largest absolute Gasteiger partial charge is 0.391 e. The molecule has 0 aromatic heterocycles. The highest BCUT2D eigenvalue weighted by Gasteiger charge is 2.13. The SMILES string of the molecule is CC(C)C(O)CNC(=O)c1ccccc1I. The van der Waals surface area contributed by atoms with Gasteiger partial charge in [0.05, 0.1) is 11.7 Å². The van der Waals surface area contributed by atoms with Crippen molar-refractivity contribution in [2.75, 3.05) is 6.54 Å². The number of carbonyl (C=O) groups excluding carboxylic acids is 1. The van der Waals surface area contributed by atoms with Gasteiger partial charge in [0.1, 0.15) is 0 Å². The summed E-state index contributed by atoms with van der Waals surface area (Å²) in [7, 11) is 0. The zero-order valence-electron chi connectivity index (χ0n) is 9.40. The van der Waals surface area contributed by atoms with E-state index in [-0.39, 0.29) is 11.8 Å². The predicted octanol–water partition coefficient (Wildman–Crippen LogP) is 2.04. The van der Waals surface area contributed by atoms with Gasteiger partial charge in [-0.3, -0.25) is 4.79 Å². The standard InChI is InChI=1S/C12H16INO2/c1-8(2)11(15)7-14-12(16)9-5-3-4-6-10(9)13/h3-6,8,11,15H,7H2,1-2H3,(H,14,16). The lowest BCUT2D eigenvalue weighted by atomic mass is 10.1. The summed E-state index contributed by atoms with van der Waals surface area (Å²) in [5.74, 6) is 0.0137. The third-order valence-corrected chi connectivity index (χ3v) is 3.30. The zero-order chi connectivity index (χ0) is 12.1. The zero-order valence-corrected chi connectivity index (χ0v) is 11.6. The smallest absolute Gasteiger partial charge is 0.252 e. The van der Waals surface area contributed by atoms with Crippen LogP contribution in [-0.2, 0) is 0 Å². The van der Waals surface area contributed by atoms with Crippen molar-refractivity contribution in [3.8, 4) is 0 Å². The van der Waals surface area contributed by atoms with Crippen molar-refractivity contribution in [1.82, 2.24) is 5.32 Å². The van der Waals surface area contributed by atoms with Gasteiger partial charge in [-0.05, 0) is 40.6 Å². The molecule has 0 saturated carbocycles. The third kappa shape index (κ3) is 3.75. The molecule has 0 fully saturated rings. The van der Waals surface area contributed by atoms with Crippen molar-refractivity contribution >= 4 is 28.5 Å². The van der Waals surface area contributed by atoms with Crippen LogP contribution >= 0.6 is 22.6 Å². The second-order valence-corrected chi connectivity index (χ2v) is 5.16. The Morgan fingerprint density at radius 3 is 2.62 bits per heavy atom. The Hall–Kier alpha value is -0.620. The van der Waals surface area contributed by atoms with E-state index in [9.17, 15) is 9.90 Å². The molecule has 4 heteroatoms. The average Bonchev–Trinajstić information content (AvgIpc) is 2.25. The fraction of sp³-hybridized carbons (Fsp3) is 0.417. The third-order valence-electron chi connectivity index (χ3n) is 2.36. The quantitative estimate of drug-likeness (QED) is 0.829. The molecule has 0 aliphatic rings. The van der Waals surface area contributed by atoms with Gasteiger partial charge in [0.2, 0.25) is 0 Å². The Morgan fingerprint density at radius 1 is 1.44 bits per heavy atom. The van der Waals surface area contributed by atoms with E-state index in [4.69, 9.17) is 0 Å². The van der Waals surface area contributed by atoms with Crippen LogP contribution in [0.1, 0.15) is 24.2 Å². The molecule has 1 aromatic carbocycles. The summed E-state index contributed by atoms with van der Waals surface area (Å²) in [6.45, 7) is 4.13. The van der Waals surface area contributed by atoms with Gasteiger partial charge in [0, 0.05) is 10.1 Å². The van der Waals surface area contributed by atoms with Crippen LogP contribution in [0.3, 0.4) is 0 Å². The Kier molecular flexibility index (Phi) is 5.21. The topological polar surface area (TPSA) is 49.3 Å². The molecule has 0 radical (unpaired) electrons. The maximum absolute atomic E-state index is 11.8. The van der Waals surface area contributed by atoms with Crippen molar-refractivity contribution in [3.05, 3.63) is 33.4 Å². The maximum Gasteiger partial charge on any atom is 0.252 e. The molecule has 88 valence electrons. The number of rotatable bonds is 4. The molecule has 1 aromatic rings. The molecule has 0 aliphatic heterocycles. The summed E-state index contributed by atoms with van der Waals surface area (Å²) in [4.78, 5) is 11.8. The Balaban J connectivity index is 2.57.